The Labute approximate surface area is 151 Å². The summed E-state index contributed by atoms with van der Waals surface area (Å²) in [4.78, 5) is 30.4. The molecule has 0 radical (unpaired) electrons. The van der Waals surface area contributed by atoms with E-state index in [1.807, 2.05) is 12.4 Å². The van der Waals surface area contributed by atoms with E-state index in [4.69, 9.17) is 16.3 Å². The summed E-state index contributed by atoms with van der Waals surface area (Å²) < 4.78 is 5.85. The van der Waals surface area contributed by atoms with Crippen LogP contribution in [0.1, 0.15) is 15.4 Å². The summed E-state index contributed by atoms with van der Waals surface area (Å²) in [6, 6.07) is 3.33. The first kappa shape index (κ1) is 17.2. The van der Waals surface area contributed by atoms with E-state index in [0.29, 0.717) is 27.4 Å². The number of rotatable bonds is 6. The second kappa shape index (κ2) is 7.47. The molecule has 24 heavy (non-hydrogen) atoms. The van der Waals surface area contributed by atoms with Crippen LogP contribution in [0.3, 0.4) is 0 Å². The number of thiazole rings is 1. The largest absolute Gasteiger partial charge is 0.442 e. The smallest absolute Gasteiger partial charge is 0.416 e. The van der Waals surface area contributed by atoms with Crippen LogP contribution in [-0.2, 0) is 11.3 Å². The molecule has 1 fully saturated rings. The van der Waals surface area contributed by atoms with Crippen molar-refractivity contribution in [3.8, 4) is 0 Å². The molecule has 0 aliphatic carbocycles. The second-order valence-electron chi connectivity index (χ2n) is 5.08. The van der Waals surface area contributed by atoms with Gasteiger partial charge in [-0.2, -0.15) is 0 Å². The second-order valence-corrected chi connectivity index (χ2v) is 7.63. The molecule has 3 heterocycles. The van der Waals surface area contributed by atoms with Gasteiger partial charge in [0.15, 0.2) is 5.13 Å². The van der Waals surface area contributed by atoms with Gasteiger partial charge in [-0.15, -0.1) is 22.7 Å². The number of halogens is 1. The van der Waals surface area contributed by atoms with Crippen LogP contribution >= 0.6 is 34.3 Å². The normalized spacial score (nSPS) is 17.2. The predicted molar refractivity (Wildman–Crippen MR) is 94.2 cm³/mol. The van der Waals surface area contributed by atoms with Gasteiger partial charge < -0.3 is 15.4 Å². The van der Waals surface area contributed by atoms with Gasteiger partial charge in [0.2, 0.25) is 0 Å². The monoisotopic (exact) mass is 386 g/mol. The third-order valence-electron chi connectivity index (χ3n) is 3.29. The fourth-order valence-corrected chi connectivity index (χ4v) is 3.98. The fourth-order valence-electron chi connectivity index (χ4n) is 2.20. The Kier molecular flexibility index (Phi) is 5.34. The Hall–Kier alpha value is -1.68. The molecule has 128 valence electrons. The maximum atomic E-state index is 12.0. The lowest BCUT2D eigenvalue weighted by atomic mass is 10.3. The summed E-state index contributed by atoms with van der Waals surface area (Å²) >= 11 is 8.41. The number of hydrogen-bond acceptors (Lipinski definition) is 7. The first-order valence-electron chi connectivity index (χ1n) is 7.17. The number of nitrogens with zero attached hydrogens (tertiary/aromatic N) is 2. The Morgan fingerprint density at radius 2 is 2.38 bits per heavy atom. The number of nitrogens with one attached hydrogen (secondary N) is 2. The quantitative estimate of drug-likeness (QED) is 0.796. The number of anilines is 1. The van der Waals surface area contributed by atoms with Crippen molar-refractivity contribution in [2.45, 2.75) is 12.6 Å². The molecule has 3 rings (SSSR count). The molecular weight excluding hydrogens is 372 g/mol. The number of thiophene rings is 1. The van der Waals surface area contributed by atoms with Gasteiger partial charge in [0.1, 0.15) is 6.10 Å². The van der Waals surface area contributed by atoms with Crippen molar-refractivity contribution >= 4 is 51.4 Å². The molecule has 0 spiro atoms. The molecule has 1 saturated heterocycles. The lowest BCUT2D eigenvalue weighted by Crippen LogP contribution is -2.34. The van der Waals surface area contributed by atoms with Crippen LogP contribution in [0.2, 0.25) is 4.34 Å². The van der Waals surface area contributed by atoms with Crippen molar-refractivity contribution in [2.75, 3.05) is 25.0 Å². The summed E-state index contributed by atoms with van der Waals surface area (Å²) in [5, 5.41) is 8.26. The highest BCUT2D eigenvalue weighted by molar-refractivity contribution is 7.18. The molecule has 0 bridgehead atoms. The summed E-state index contributed by atoms with van der Waals surface area (Å²) in [6.45, 7) is 1.24. The molecular formula is C14H15ClN4O3S2. The molecule has 0 unspecified atom stereocenters. The molecule has 1 aliphatic rings. The number of carbonyl (C=O) groups excluding carboxylic acids is 2. The zero-order valence-corrected chi connectivity index (χ0v) is 15.1. The van der Waals surface area contributed by atoms with Crippen LogP contribution in [-0.4, -0.2) is 43.2 Å². The zero-order chi connectivity index (χ0) is 17.1. The molecule has 10 heteroatoms. The summed E-state index contributed by atoms with van der Waals surface area (Å²) in [7, 11) is 1.84. The molecule has 2 aromatic heterocycles. The summed E-state index contributed by atoms with van der Waals surface area (Å²) in [5.74, 6) is -0.230. The third-order valence-corrected chi connectivity index (χ3v) is 5.43. The minimum Gasteiger partial charge on any atom is -0.442 e. The van der Waals surface area contributed by atoms with Crippen LogP contribution in [0.25, 0.3) is 0 Å². The van der Waals surface area contributed by atoms with Gasteiger partial charge in [-0.05, 0) is 19.2 Å². The van der Waals surface area contributed by atoms with Crippen molar-refractivity contribution in [1.82, 2.24) is 15.6 Å². The predicted octanol–water partition coefficient (Wildman–Crippen LogP) is 2.33. The Morgan fingerprint density at radius 1 is 1.54 bits per heavy atom. The maximum Gasteiger partial charge on any atom is 0.416 e. The van der Waals surface area contributed by atoms with E-state index in [1.165, 1.54) is 27.6 Å². The highest BCUT2D eigenvalue weighted by Gasteiger charge is 2.34. The average molecular weight is 387 g/mol. The van der Waals surface area contributed by atoms with Crippen molar-refractivity contribution in [2.24, 2.45) is 0 Å². The van der Waals surface area contributed by atoms with Crippen LogP contribution in [0.4, 0.5) is 9.93 Å². The summed E-state index contributed by atoms with van der Waals surface area (Å²) in [5.41, 5.74) is 0.872. The average Bonchev–Trinajstić information content (AvgIpc) is 3.26. The van der Waals surface area contributed by atoms with Crippen molar-refractivity contribution < 1.29 is 14.3 Å². The van der Waals surface area contributed by atoms with E-state index < -0.39 is 12.2 Å². The van der Waals surface area contributed by atoms with Crippen molar-refractivity contribution in [3.05, 3.63) is 32.4 Å². The Bertz CT molecular complexity index is 748. The number of aromatic nitrogens is 1. The van der Waals surface area contributed by atoms with Gasteiger partial charge in [-0.1, -0.05) is 11.6 Å². The summed E-state index contributed by atoms with van der Waals surface area (Å²) in [6.07, 6.45) is -0.854. The third kappa shape index (κ3) is 3.86. The SMILES string of the molecule is CNCc1csc(N2C[C@H](CNC(=O)c3ccc(Cl)s3)OC2=O)n1. The van der Waals surface area contributed by atoms with Gasteiger partial charge in [-0.3, -0.25) is 4.79 Å². The van der Waals surface area contributed by atoms with Crippen molar-refractivity contribution in [3.63, 3.8) is 0 Å². The van der Waals surface area contributed by atoms with E-state index in [9.17, 15) is 9.59 Å². The molecule has 0 aromatic carbocycles. The number of amides is 2. The lowest BCUT2D eigenvalue weighted by Gasteiger charge is -2.09. The van der Waals surface area contributed by atoms with Gasteiger partial charge in [0.05, 0.1) is 28.0 Å². The van der Waals surface area contributed by atoms with Crippen molar-refractivity contribution in [1.29, 1.82) is 0 Å². The van der Waals surface area contributed by atoms with E-state index in [1.54, 1.807) is 12.1 Å². The number of cyclic esters (lactones) is 1. The number of ether oxygens (including phenoxy) is 1. The molecule has 2 amide bonds. The van der Waals surface area contributed by atoms with E-state index >= 15 is 0 Å². The minimum atomic E-state index is -0.446. The van der Waals surface area contributed by atoms with Crippen LogP contribution < -0.4 is 15.5 Å². The van der Waals surface area contributed by atoms with Gasteiger partial charge in [-0.25, -0.2) is 14.7 Å². The van der Waals surface area contributed by atoms with Gasteiger partial charge in [0.25, 0.3) is 5.91 Å². The Morgan fingerprint density at radius 3 is 3.08 bits per heavy atom. The first-order valence-corrected chi connectivity index (χ1v) is 9.25. The minimum absolute atomic E-state index is 0.230. The fraction of sp³-hybridized carbons (Fsp3) is 0.357. The first-order chi connectivity index (χ1) is 11.6. The highest BCUT2D eigenvalue weighted by atomic mass is 35.5. The molecule has 2 N–H and O–H groups in total. The molecule has 1 aliphatic heterocycles. The van der Waals surface area contributed by atoms with Gasteiger partial charge in [0, 0.05) is 11.9 Å². The topological polar surface area (TPSA) is 83.6 Å². The number of carbonyl (C=O) groups is 2. The Balaban J connectivity index is 1.55. The van der Waals surface area contributed by atoms with E-state index in [0.717, 1.165) is 5.69 Å². The highest BCUT2D eigenvalue weighted by Crippen LogP contribution is 2.25. The number of hydrogen-bond donors (Lipinski definition) is 2. The van der Waals surface area contributed by atoms with Gasteiger partial charge >= 0.3 is 6.09 Å². The van der Waals surface area contributed by atoms with Crippen LogP contribution in [0, 0.1) is 0 Å². The standard InChI is InChI=1S/C14H15ClN4O3S2/c1-16-4-8-7-23-13(18-8)19-6-9(22-14(19)21)5-17-12(20)10-2-3-11(15)24-10/h2-3,7,9,16H,4-6H2,1H3,(H,17,20)/t9-/m0/s1. The zero-order valence-electron chi connectivity index (χ0n) is 12.7. The van der Waals surface area contributed by atoms with E-state index in [2.05, 4.69) is 15.6 Å². The van der Waals surface area contributed by atoms with Crippen LogP contribution in [0.5, 0.6) is 0 Å². The molecule has 2 aromatic rings. The molecule has 1 atom stereocenters. The van der Waals surface area contributed by atoms with E-state index in [-0.39, 0.29) is 12.5 Å². The lowest BCUT2D eigenvalue weighted by molar-refractivity contribution is 0.0920. The molecule has 7 nitrogen and oxygen atoms in total. The molecule has 0 saturated carbocycles. The van der Waals surface area contributed by atoms with Crippen LogP contribution in [0.15, 0.2) is 17.5 Å². The maximum absolute atomic E-state index is 12.0.